The van der Waals surface area contributed by atoms with Gasteiger partial charge in [-0.2, -0.15) is 0 Å². The number of pyridine rings is 4. The van der Waals surface area contributed by atoms with Crippen molar-refractivity contribution in [1.29, 1.82) is 0 Å². The summed E-state index contributed by atoms with van der Waals surface area (Å²) in [5, 5.41) is 0. The van der Waals surface area contributed by atoms with Gasteiger partial charge in [-0.1, -0.05) is 6.07 Å². The SMILES string of the molecule is Cc1ccnc(CC(=O)c2cc(Oc3cncnc3)ccn2)c1.O=C(Cc1ccccn1)c1cc(Oc2cncnc2)ccn1. The van der Waals surface area contributed by atoms with Crippen molar-refractivity contribution in [2.45, 2.75) is 19.8 Å². The van der Waals surface area contributed by atoms with Crippen molar-refractivity contribution < 1.29 is 19.1 Å². The first-order valence-corrected chi connectivity index (χ1v) is 13.7. The van der Waals surface area contributed by atoms with Crippen molar-refractivity contribution in [1.82, 2.24) is 39.9 Å². The van der Waals surface area contributed by atoms with Crippen molar-refractivity contribution >= 4 is 11.6 Å². The van der Waals surface area contributed by atoms with E-state index in [1.54, 1.807) is 67.5 Å². The molecule has 0 unspecified atom stereocenters. The van der Waals surface area contributed by atoms with Crippen LogP contribution >= 0.6 is 0 Å². The monoisotopic (exact) mass is 598 g/mol. The second kappa shape index (κ2) is 15.3. The van der Waals surface area contributed by atoms with Crippen LogP contribution in [0.1, 0.15) is 37.9 Å². The van der Waals surface area contributed by atoms with Crippen LogP contribution in [-0.4, -0.2) is 51.4 Å². The molecule has 0 saturated carbocycles. The van der Waals surface area contributed by atoms with Gasteiger partial charge in [0, 0.05) is 48.3 Å². The van der Waals surface area contributed by atoms with Crippen LogP contribution in [0.25, 0.3) is 0 Å². The number of carbonyl (C=O) groups is 2. The minimum Gasteiger partial charge on any atom is -0.454 e. The largest absolute Gasteiger partial charge is 0.454 e. The second-order valence-electron chi connectivity index (χ2n) is 9.45. The summed E-state index contributed by atoms with van der Waals surface area (Å²) in [4.78, 5) is 56.6. The minimum atomic E-state index is -0.117. The molecule has 0 aromatic carbocycles. The lowest BCUT2D eigenvalue weighted by Gasteiger charge is -2.06. The van der Waals surface area contributed by atoms with Crippen molar-refractivity contribution in [3.05, 3.63) is 145 Å². The topological polar surface area (TPSA) is 156 Å². The predicted molar refractivity (Wildman–Crippen MR) is 162 cm³/mol. The van der Waals surface area contributed by atoms with E-state index >= 15 is 0 Å². The van der Waals surface area contributed by atoms with Crippen molar-refractivity contribution in [2.75, 3.05) is 0 Å². The summed E-state index contributed by atoms with van der Waals surface area (Å²) in [7, 11) is 0. The Hall–Kier alpha value is -6.30. The van der Waals surface area contributed by atoms with Crippen LogP contribution in [-0.2, 0) is 12.8 Å². The lowest BCUT2D eigenvalue weighted by atomic mass is 10.1. The molecular formula is C33H26N8O4. The van der Waals surface area contributed by atoms with Gasteiger partial charge in [-0.15, -0.1) is 0 Å². The van der Waals surface area contributed by atoms with Gasteiger partial charge in [0.25, 0.3) is 0 Å². The highest BCUT2D eigenvalue weighted by Crippen LogP contribution is 2.21. The van der Waals surface area contributed by atoms with Crippen molar-refractivity contribution in [3.8, 4) is 23.0 Å². The van der Waals surface area contributed by atoms with Gasteiger partial charge in [-0.25, -0.2) is 19.9 Å². The van der Waals surface area contributed by atoms with Gasteiger partial charge in [0.05, 0.1) is 37.6 Å². The normalized spacial score (nSPS) is 10.2. The maximum atomic E-state index is 12.3. The van der Waals surface area contributed by atoms with Gasteiger partial charge in [0.2, 0.25) is 0 Å². The van der Waals surface area contributed by atoms with Crippen LogP contribution in [0.15, 0.2) is 117 Å². The van der Waals surface area contributed by atoms with E-state index in [0.29, 0.717) is 40.1 Å². The first-order valence-electron chi connectivity index (χ1n) is 13.7. The summed E-state index contributed by atoms with van der Waals surface area (Å²) in [6.07, 6.45) is 15.8. The van der Waals surface area contributed by atoms with Crippen LogP contribution in [0.3, 0.4) is 0 Å². The quantitative estimate of drug-likeness (QED) is 0.188. The van der Waals surface area contributed by atoms with Crippen LogP contribution < -0.4 is 9.47 Å². The maximum absolute atomic E-state index is 12.3. The molecule has 0 bridgehead atoms. The average Bonchev–Trinajstić information content (AvgIpc) is 3.07. The van der Waals surface area contributed by atoms with Gasteiger partial charge in [-0.3, -0.25) is 29.5 Å². The third-order valence-electron chi connectivity index (χ3n) is 5.96. The van der Waals surface area contributed by atoms with Crippen LogP contribution in [0.4, 0.5) is 0 Å². The van der Waals surface area contributed by atoms with Gasteiger partial charge in [0.1, 0.15) is 35.5 Å². The van der Waals surface area contributed by atoms with E-state index in [1.807, 2.05) is 31.2 Å². The lowest BCUT2D eigenvalue weighted by Crippen LogP contribution is -2.07. The molecular weight excluding hydrogens is 572 g/mol. The summed E-state index contributed by atoms with van der Waals surface area (Å²) in [5.41, 5.74) is 3.16. The Kier molecular flexibility index (Phi) is 10.2. The number of ketones is 2. The third kappa shape index (κ3) is 9.35. The number of carbonyl (C=O) groups excluding carboxylic acids is 2. The Morgan fingerprint density at radius 1 is 0.556 bits per heavy atom. The van der Waals surface area contributed by atoms with Gasteiger partial charge in [-0.05, 0) is 48.9 Å². The van der Waals surface area contributed by atoms with Crippen molar-refractivity contribution in [3.63, 3.8) is 0 Å². The van der Waals surface area contributed by atoms with E-state index in [9.17, 15) is 9.59 Å². The molecule has 0 amide bonds. The molecule has 0 saturated heterocycles. The molecule has 0 spiro atoms. The maximum Gasteiger partial charge on any atom is 0.187 e. The third-order valence-corrected chi connectivity index (χ3v) is 5.96. The second-order valence-corrected chi connectivity index (χ2v) is 9.45. The standard InChI is InChI=1S/C17H14N4O2.C16H12N4O2/c1-12-2-4-20-13(6-12)7-17(22)16-8-14(3-5-21-16)23-15-9-18-11-19-10-15;21-16(7-12-3-1-2-5-19-12)15-8-13(4-6-20-15)22-14-9-17-11-18-10-14/h2-6,8-11H,7H2,1H3;1-6,8-11H,7H2. The molecule has 222 valence electrons. The van der Waals surface area contributed by atoms with E-state index in [-0.39, 0.29) is 24.4 Å². The number of rotatable bonds is 10. The summed E-state index contributed by atoms with van der Waals surface area (Å²) in [5.74, 6) is 1.78. The number of ether oxygens (including phenoxy) is 2. The zero-order valence-corrected chi connectivity index (χ0v) is 24.1. The smallest absolute Gasteiger partial charge is 0.187 e. The molecule has 6 aromatic rings. The van der Waals surface area contributed by atoms with Crippen molar-refractivity contribution in [2.24, 2.45) is 0 Å². The molecule has 45 heavy (non-hydrogen) atoms. The molecule has 0 fully saturated rings. The molecule has 12 nitrogen and oxygen atoms in total. The molecule has 12 heteroatoms. The van der Waals surface area contributed by atoms with E-state index < -0.39 is 0 Å². The zero-order valence-electron chi connectivity index (χ0n) is 24.1. The molecule has 0 aliphatic rings. The highest BCUT2D eigenvalue weighted by atomic mass is 16.5. The predicted octanol–water partition coefficient (Wildman–Crippen LogP) is 5.28. The Bertz CT molecular complexity index is 1860. The average molecular weight is 599 g/mol. The molecule has 0 aliphatic carbocycles. The fourth-order valence-corrected chi connectivity index (χ4v) is 3.91. The van der Waals surface area contributed by atoms with E-state index in [0.717, 1.165) is 11.3 Å². The number of aryl methyl sites for hydroxylation is 1. The van der Waals surface area contributed by atoms with E-state index in [1.165, 1.54) is 25.0 Å². The Balaban J connectivity index is 0.000000178. The highest BCUT2D eigenvalue weighted by Gasteiger charge is 2.12. The molecule has 0 atom stereocenters. The highest BCUT2D eigenvalue weighted by molar-refractivity contribution is 5.96. The first kappa shape index (κ1) is 30.2. The van der Waals surface area contributed by atoms with Gasteiger partial charge in [0.15, 0.2) is 23.1 Å². The van der Waals surface area contributed by atoms with E-state index in [2.05, 4.69) is 39.9 Å². The molecule has 0 N–H and O–H groups in total. The zero-order chi connectivity index (χ0) is 31.3. The fourth-order valence-electron chi connectivity index (χ4n) is 3.91. The molecule has 6 rings (SSSR count). The van der Waals surface area contributed by atoms with Crippen LogP contribution in [0.5, 0.6) is 23.0 Å². The molecule has 0 aliphatic heterocycles. The van der Waals surface area contributed by atoms with Crippen LogP contribution in [0, 0.1) is 6.92 Å². The summed E-state index contributed by atoms with van der Waals surface area (Å²) in [6.45, 7) is 1.96. The number of nitrogens with zero attached hydrogens (tertiary/aromatic N) is 8. The lowest BCUT2D eigenvalue weighted by molar-refractivity contribution is 0.0979. The molecule has 6 heterocycles. The summed E-state index contributed by atoms with van der Waals surface area (Å²) >= 11 is 0. The Morgan fingerprint density at radius 3 is 1.58 bits per heavy atom. The Morgan fingerprint density at radius 2 is 1.07 bits per heavy atom. The van der Waals surface area contributed by atoms with Gasteiger partial charge >= 0.3 is 0 Å². The van der Waals surface area contributed by atoms with Gasteiger partial charge < -0.3 is 9.47 Å². The van der Waals surface area contributed by atoms with Crippen LogP contribution in [0.2, 0.25) is 0 Å². The van der Waals surface area contributed by atoms with E-state index in [4.69, 9.17) is 9.47 Å². The molecule has 0 radical (unpaired) electrons. The minimum absolute atomic E-state index is 0.113. The number of hydrogen-bond donors (Lipinski definition) is 0. The molecule has 6 aromatic heterocycles. The first-order chi connectivity index (χ1) is 22.0. The number of hydrogen-bond acceptors (Lipinski definition) is 12. The fraction of sp³-hybridized carbons (Fsp3) is 0.0909. The number of aromatic nitrogens is 8. The Labute approximate surface area is 258 Å². The summed E-state index contributed by atoms with van der Waals surface area (Å²) < 4.78 is 11.2. The number of Topliss-reactive ketones (excluding diaryl/α,β-unsaturated/α-hetero) is 2. The summed E-state index contributed by atoms with van der Waals surface area (Å²) in [6, 6.07) is 15.8.